The molecule has 1 heterocycles. The van der Waals surface area contributed by atoms with Gasteiger partial charge in [0.2, 0.25) is 23.6 Å². The molecule has 15 heteroatoms. The monoisotopic (exact) mass is 622 g/mol. The predicted molar refractivity (Wildman–Crippen MR) is 168 cm³/mol. The topological polar surface area (TPSA) is 238 Å². The van der Waals surface area contributed by atoms with Gasteiger partial charge in [0.25, 0.3) is 12.4 Å². The third kappa shape index (κ3) is 17.3. The Morgan fingerprint density at radius 3 is 2.16 bits per heavy atom. The van der Waals surface area contributed by atoms with Gasteiger partial charge in [-0.2, -0.15) is 0 Å². The Hall–Kier alpha value is -4.69. The fourth-order valence-corrected chi connectivity index (χ4v) is 3.57. The molecule has 44 heavy (non-hydrogen) atoms. The molecule has 1 aliphatic heterocycles. The number of rotatable bonds is 5. The molecule has 9 N–H and O–H groups in total. The molecule has 0 fully saturated rings. The molecule has 0 saturated carbocycles. The second kappa shape index (κ2) is 24.9. The van der Waals surface area contributed by atoms with Crippen molar-refractivity contribution in [2.24, 2.45) is 16.5 Å². The fourth-order valence-electron chi connectivity index (χ4n) is 3.57. The van der Waals surface area contributed by atoms with Gasteiger partial charge < -0.3 is 42.7 Å². The zero-order chi connectivity index (χ0) is 34.1. The van der Waals surface area contributed by atoms with E-state index in [2.05, 4.69) is 40.1 Å². The number of aliphatic imine (C=N–C) groups is 1. The van der Waals surface area contributed by atoms with E-state index in [1.54, 1.807) is 31.2 Å². The molecule has 0 spiro atoms. The van der Waals surface area contributed by atoms with Crippen LogP contribution in [0.25, 0.3) is 0 Å². The summed E-state index contributed by atoms with van der Waals surface area (Å²) in [5, 5.41) is 17.3. The Bertz CT molecular complexity index is 1080. The first-order valence-electron chi connectivity index (χ1n) is 14.6. The summed E-state index contributed by atoms with van der Waals surface area (Å²) >= 11 is 0. The predicted octanol–water partition coefficient (Wildman–Crippen LogP) is 0.0811. The average Bonchev–Trinajstić information content (AvgIpc) is 3.01. The first-order valence-corrected chi connectivity index (χ1v) is 14.6. The van der Waals surface area contributed by atoms with Crippen molar-refractivity contribution >= 4 is 42.0 Å². The minimum absolute atomic E-state index is 0.0911. The van der Waals surface area contributed by atoms with Crippen LogP contribution in [-0.4, -0.2) is 90.7 Å². The second-order valence-corrected chi connectivity index (χ2v) is 9.13. The van der Waals surface area contributed by atoms with Gasteiger partial charge in [-0.05, 0) is 37.0 Å². The van der Waals surface area contributed by atoms with Gasteiger partial charge in [-0.1, -0.05) is 53.2 Å². The number of fused-ring (bicyclic) bond motifs is 2. The number of carbonyl (C=O) groups is 6. The molecule has 2 rings (SSSR count). The minimum Gasteiger partial charge on any atom is -0.483 e. The van der Waals surface area contributed by atoms with Crippen LogP contribution in [0.3, 0.4) is 0 Å². The van der Waals surface area contributed by atoms with E-state index >= 15 is 0 Å². The van der Waals surface area contributed by atoms with Crippen molar-refractivity contribution in [1.82, 2.24) is 26.2 Å². The highest BCUT2D eigenvalue weighted by Gasteiger charge is 2.28. The minimum atomic E-state index is -0.941. The molecule has 0 saturated heterocycles. The SMILES string of the molecule is CC.CCC.CCC1NC(=O)CNC(=O)C(CCCN=C(N)N)N(C)C(=O)CNC(=O)c2cccc(c2)CNC1=O.O=CO. The van der Waals surface area contributed by atoms with Gasteiger partial charge in [0.15, 0.2) is 5.96 Å². The zero-order valence-corrected chi connectivity index (χ0v) is 26.6. The fraction of sp³-hybridized carbons (Fsp3) is 0.552. The normalized spacial score (nSPS) is 17.4. The lowest BCUT2D eigenvalue weighted by Gasteiger charge is -2.27. The average molecular weight is 623 g/mol. The van der Waals surface area contributed by atoms with Crippen LogP contribution in [-0.2, 0) is 30.5 Å². The van der Waals surface area contributed by atoms with E-state index in [-0.39, 0.29) is 45.0 Å². The second-order valence-electron chi connectivity index (χ2n) is 9.13. The number of amides is 5. The number of hydrogen-bond acceptors (Lipinski definition) is 7. The number of nitrogens with two attached hydrogens (primary N) is 2. The van der Waals surface area contributed by atoms with Crippen LogP contribution in [0, 0.1) is 0 Å². The van der Waals surface area contributed by atoms with Gasteiger partial charge in [0, 0.05) is 25.7 Å². The van der Waals surface area contributed by atoms with Gasteiger partial charge >= 0.3 is 0 Å². The molecule has 0 aromatic heterocycles. The van der Waals surface area contributed by atoms with Gasteiger partial charge in [-0.15, -0.1) is 0 Å². The number of guanidine groups is 1. The van der Waals surface area contributed by atoms with E-state index in [0.29, 0.717) is 24.0 Å². The van der Waals surface area contributed by atoms with Crippen molar-refractivity contribution in [3.8, 4) is 0 Å². The summed E-state index contributed by atoms with van der Waals surface area (Å²) in [7, 11) is 1.44. The number of likely N-dealkylation sites (N-methyl/N-ethyl adjacent to an activating group) is 1. The quantitative estimate of drug-likeness (QED) is 0.102. The van der Waals surface area contributed by atoms with Gasteiger partial charge in [-0.25, -0.2) is 0 Å². The summed E-state index contributed by atoms with van der Waals surface area (Å²) in [5.41, 5.74) is 11.6. The van der Waals surface area contributed by atoms with Crippen LogP contribution in [0.2, 0.25) is 0 Å². The molecule has 1 aromatic rings. The molecule has 2 bridgehead atoms. The van der Waals surface area contributed by atoms with Crippen molar-refractivity contribution in [2.45, 2.75) is 78.9 Å². The lowest BCUT2D eigenvalue weighted by Crippen LogP contribution is -2.53. The van der Waals surface area contributed by atoms with Crippen LogP contribution >= 0.6 is 0 Å². The van der Waals surface area contributed by atoms with Gasteiger partial charge in [0.1, 0.15) is 12.1 Å². The van der Waals surface area contributed by atoms with Crippen molar-refractivity contribution in [1.29, 1.82) is 0 Å². The number of carbonyl (C=O) groups excluding carboxylic acids is 5. The van der Waals surface area contributed by atoms with Gasteiger partial charge in [-0.3, -0.25) is 33.8 Å². The maximum atomic E-state index is 12.9. The van der Waals surface area contributed by atoms with E-state index in [1.165, 1.54) is 18.4 Å². The Morgan fingerprint density at radius 2 is 1.59 bits per heavy atom. The number of nitrogens with zero attached hydrogens (tertiary/aromatic N) is 2. The summed E-state index contributed by atoms with van der Waals surface area (Å²) in [6.07, 6.45) is 2.18. The molecule has 0 aliphatic carbocycles. The summed E-state index contributed by atoms with van der Waals surface area (Å²) in [4.78, 5) is 76.7. The van der Waals surface area contributed by atoms with E-state index in [9.17, 15) is 24.0 Å². The molecule has 2 unspecified atom stereocenters. The highest BCUT2D eigenvalue weighted by molar-refractivity contribution is 5.97. The standard InChI is InChI=1S/C23H34N8O5.C3H8.C2H6.CH2O2/c1-3-16-21(35)27-11-14-6-4-7-15(10-14)20(34)29-13-19(33)31(2)17(8-5-9-26-23(24)25)22(36)28-12-18(32)30-16;1-3-2;1-2;2-1-3/h4,6-7,10,16-17H,3,5,8-9,11-13H2,1-2H3,(H,27,35)(H,28,36)(H,29,34)(H,30,32)(H4,24,25,26);3H2,1-2H3;1-2H3;1H,(H,2,3). The molecule has 1 aromatic carbocycles. The molecule has 15 nitrogen and oxygen atoms in total. The molecule has 5 amide bonds. The molecule has 0 radical (unpaired) electrons. The maximum Gasteiger partial charge on any atom is 0.290 e. The first kappa shape index (κ1) is 41.4. The summed E-state index contributed by atoms with van der Waals surface area (Å²) < 4.78 is 0. The van der Waals surface area contributed by atoms with Crippen molar-refractivity contribution in [3.63, 3.8) is 0 Å². The van der Waals surface area contributed by atoms with E-state index in [4.69, 9.17) is 21.4 Å². The van der Waals surface area contributed by atoms with Crippen molar-refractivity contribution in [3.05, 3.63) is 35.4 Å². The smallest absolute Gasteiger partial charge is 0.290 e. The molecular weight excluding hydrogens is 572 g/mol. The Morgan fingerprint density at radius 1 is 1.00 bits per heavy atom. The highest BCUT2D eigenvalue weighted by Crippen LogP contribution is 2.09. The largest absolute Gasteiger partial charge is 0.483 e. The number of carboxylic acid groups (broad SMARTS) is 1. The Kier molecular flexibility index (Phi) is 23.4. The van der Waals surface area contributed by atoms with E-state index in [1.807, 2.05) is 13.8 Å². The zero-order valence-electron chi connectivity index (χ0n) is 26.6. The van der Waals surface area contributed by atoms with Crippen LogP contribution in [0.5, 0.6) is 0 Å². The number of nitrogens with one attached hydrogen (secondary N) is 4. The van der Waals surface area contributed by atoms with Crippen LogP contribution in [0.15, 0.2) is 29.3 Å². The lowest BCUT2D eigenvalue weighted by molar-refractivity contribution is -0.139. The number of hydrogen-bond donors (Lipinski definition) is 7. The maximum absolute atomic E-state index is 12.9. The molecular formula is C29H50N8O7. The van der Waals surface area contributed by atoms with E-state index in [0.717, 1.165) is 0 Å². The molecule has 1 aliphatic rings. The summed E-state index contributed by atoms with van der Waals surface area (Å²) in [5.74, 6) is -2.57. The summed E-state index contributed by atoms with van der Waals surface area (Å²) in [6.45, 7) is 9.41. The molecule has 2 atom stereocenters. The lowest BCUT2D eigenvalue weighted by atomic mass is 10.1. The third-order valence-electron chi connectivity index (χ3n) is 5.63. The molecule has 248 valence electrons. The van der Waals surface area contributed by atoms with Crippen LogP contribution in [0.1, 0.15) is 76.2 Å². The van der Waals surface area contributed by atoms with Crippen molar-refractivity contribution < 1.29 is 33.9 Å². The first-order chi connectivity index (χ1) is 20.9. The van der Waals surface area contributed by atoms with Gasteiger partial charge in [0.05, 0.1) is 13.1 Å². The third-order valence-corrected chi connectivity index (χ3v) is 5.63. The van der Waals surface area contributed by atoms with Crippen molar-refractivity contribution in [2.75, 3.05) is 26.7 Å². The van der Waals surface area contributed by atoms with E-state index < -0.39 is 41.6 Å². The summed E-state index contributed by atoms with van der Waals surface area (Å²) in [6, 6.07) is 4.85. The number of benzene rings is 1. The Balaban J connectivity index is 0. The highest BCUT2D eigenvalue weighted by atomic mass is 16.3. The van der Waals surface area contributed by atoms with Crippen LogP contribution in [0.4, 0.5) is 0 Å². The van der Waals surface area contributed by atoms with Crippen LogP contribution < -0.4 is 32.7 Å². The Labute approximate surface area is 259 Å².